The van der Waals surface area contributed by atoms with Crippen molar-refractivity contribution in [2.75, 3.05) is 6.54 Å². The average Bonchev–Trinajstić information content (AvgIpc) is 2.86. The van der Waals surface area contributed by atoms with Crippen LogP contribution in [0.5, 0.6) is 0 Å². The Morgan fingerprint density at radius 2 is 1.84 bits per heavy atom. The lowest BCUT2D eigenvalue weighted by atomic mass is 10.1. The molecular weight excluding hydrogens is 334 g/mol. The molecule has 5 nitrogen and oxygen atoms in total. The second kappa shape index (κ2) is 6.64. The number of aromatic nitrogens is 1. The van der Waals surface area contributed by atoms with Crippen LogP contribution in [0.25, 0.3) is 11.8 Å². The van der Waals surface area contributed by atoms with Crippen LogP contribution in [-0.2, 0) is 9.59 Å². The molecule has 2 amide bonds. The van der Waals surface area contributed by atoms with Crippen LogP contribution in [-0.4, -0.2) is 32.9 Å². The normalized spacial score (nSPS) is 16.5. The predicted molar refractivity (Wildman–Crippen MR) is 101 cm³/mol. The maximum atomic E-state index is 12.6. The van der Waals surface area contributed by atoms with Crippen molar-refractivity contribution < 1.29 is 9.59 Å². The number of aryl methyl sites for hydroxylation is 1. The van der Waals surface area contributed by atoms with Crippen molar-refractivity contribution in [2.45, 2.75) is 20.8 Å². The molecule has 1 N–H and O–H groups in total. The number of rotatable bonds is 3. The second-order valence-electron chi connectivity index (χ2n) is 5.86. The van der Waals surface area contributed by atoms with Crippen molar-refractivity contribution in [1.29, 1.82) is 0 Å². The Balaban J connectivity index is 2.06. The van der Waals surface area contributed by atoms with Gasteiger partial charge >= 0.3 is 0 Å². The van der Waals surface area contributed by atoms with Gasteiger partial charge in [0.15, 0.2) is 5.11 Å². The molecule has 6 heteroatoms. The van der Waals surface area contributed by atoms with Crippen molar-refractivity contribution in [2.24, 2.45) is 0 Å². The Morgan fingerprint density at radius 3 is 2.48 bits per heavy atom. The van der Waals surface area contributed by atoms with Crippen molar-refractivity contribution in [3.05, 3.63) is 58.9 Å². The van der Waals surface area contributed by atoms with Crippen LogP contribution in [0.3, 0.4) is 0 Å². The molecule has 1 aromatic carbocycles. The fourth-order valence-electron chi connectivity index (χ4n) is 3.04. The van der Waals surface area contributed by atoms with Crippen molar-refractivity contribution in [3.8, 4) is 5.69 Å². The van der Waals surface area contributed by atoms with E-state index in [1.54, 1.807) is 6.08 Å². The molecule has 2 aromatic rings. The fraction of sp³-hybridized carbons (Fsp3) is 0.211. The molecule has 1 aliphatic rings. The molecule has 25 heavy (non-hydrogen) atoms. The van der Waals surface area contributed by atoms with Gasteiger partial charge in [0.05, 0.1) is 0 Å². The maximum Gasteiger partial charge on any atom is 0.265 e. The van der Waals surface area contributed by atoms with E-state index in [-0.39, 0.29) is 16.6 Å². The number of nitrogens with one attached hydrogen (secondary N) is 1. The molecule has 128 valence electrons. The smallest absolute Gasteiger partial charge is 0.265 e. The van der Waals surface area contributed by atoms with Gasteiger partial charge in [-0.05, 0) is 62.8 Å². The molecule has 0 atom stereocenters. The molecule has 2 heterocycles. The number of hydrogen-bond donors (Lipinski definition) is 1. The molecule has 0 spiro atoms. The molecule has 3 rings (SSSR count). The zero-order valence-electron chi connectivity index (χ0n) is 14.4. The summed E-state index contributed by atoms with van der Waals surface area (Å²) in [5.74, 6) is -0.815. The van der Waals surface area contributed by atoms with Gasteiger partial charge in [-0.1, -0.05) is 18.2 Å². The van der Waals surface area contributed by atoms with Gasteiger partial charge in [0.2, 0.25) is 0 Å². The molecule has 0 saturated carbocycles. The molecule has 0 bridgehead atoms. The zero-order valence-corrected chi connectivity index (χ0v) is 15.2. The van der Waals surface area contributed by atoms with E-state index in [0.717, 1.165) is 22.6 Å². The molecule has 0 unspecified atom stereocenters. The molecule has 1 fully saturated rings. The van der Waals surface area contributed by atoms with Crippen molar-refractivity contribution >= 4 is 35.2 Å². The van der Waals surface area contributed by atoms with Crippen molar-refractivity contribution in [3.63, 3.8) is 0 Å². The Morgan fingerprint density at radius 1 is 1.16 bits per heavy atom. The van der Waals surface area contributed by atoms with Gasteiger partial charge in [-0.25, -0.2) is 0 Å². The quantitative estimate of drug-likeness (QED) is 0.524. The number of carbonyl (C=O) groups is 2. The van der Waals surface area contributed by atoms with E-state index in [1.165, 1.54) is 4.90 Å². The maximum absolute atomic E-state index is 12.6. The Bertz CT molecular complexity index is 897. The summed E-state index contributed by atoms with van der Waals surface area (Å²) in [5.41, 5.74) is 3.97. The molecule has 0 radical (unpaired) electrons. The van der Waals surface area contributed by atoms with Gasteiger partial charge in [0, 0.05) is 23.6 Å². The lowest BCUT2D eigenvalue weighted by molar-refractivity contribution is -0.128. The standard InChI is InChI=1S/C19H19N3O2S/c1-4-21-18(24)16(17(23)20-19(21)25)11-14-10-12(2)22(13(14)3)15-8-6-5-7-9-15/h5-11H,4H2,1-3H3,(H,20,23,25)/b16-11-. The SMILES string of the molecule is CCN1C(=O)/C(=C\c2cc(C)n(-c3ccccc3)c2C)C(=O)NC1=S. The van der Waals surface area contributed by atoms with Crippen LogP contribution >= 0.6 is 12.2 Å². The molecule has 1 saturated heterocycles. The number of carbonyl (C=O) groups excluding carboxylic acids is 2. The zero-order chi connectivity index (χ0) is 18.1. The first-order chi connectivity index (χ1) is 11.9. The van der Waals surface area contributed by atoms with E-state index >= 15 is 0 Å². The van der Waals surface area contributed by atoms with Gasteiger partial charge in [-0.2, -0.15) is 0 Å². The largest absolute Gasteiger partial charge is 0.318 e. The first-order valence-corrected chi connectivity index (χ1v) is 8.48. The third-order valence-corrected chi connectivity index (χ3v) is 4.61. The van der Waals surface area contributed by atoms with Gasteiger partial charge < -0.3 is 4.57 Å². The van der Waals surface area contributed by atoms with Crippen LogP contribution in [0, 0.1) is 13.8 Å². The van der Waals surface area contributed by atoms with Gasteiger partial charge in [0.25, 0.3) is 11.8 Å². The predicted octanol–water partition coefficient (Wildman–Crippen LogP) is 2.74. The molecule has 1 aromatic heterocycles. The Kier molecular flexibility index (Phi) is 4.55. The summed E-state index contributed by atoms with van der Waals surface area (Å²) in [5, 5.41) is 2.73. The highest BCUT2D eigenvalue weighted by molar-refractivity contribution is 7.80. The summed E-state index contributed by atoms with van der Waals surface area (Å²) in [6, 6.07) is 11.9. The topological polar surface area (TPSA) is 54.3 Å². The van der Waals surface area contributed by atoms with Gasteiger partial charge in [0.1, 0.15) is 5.57 Å². The summed E-state index contributed by atoms with van der Waals surface area (Å²) in [6.45, 7) is 6.21. The van der Waals surface area contributed by atoms with Gasteiger partial charge in [-0.15, -0.1) is 0 Å². The highest BCUT2D eigenvalue weighted by Gasteiger charge is 2.32. The number of amides is 2. The fourth-order valence-corrected chi connectivity index (χ4v) is 3.35. The van der Waals surface area contributed by atoms with E-state index in [4.69, 9.17) is 12.2 Å². The van der Waals surface area contributed by atoms with E-state index in [9.17, 15) is 9.59 Å². The van der Waals surface area contributed by atoms with E-state index in [1.807, 2.05) is 57.2 Å². The minimum atomic E-state index is -0.454. The highest BCUT2D eigenvalue weighted by Crippen LogP contribution is 2.24. The summed E-state index contributed by atoms with van der Waals surface area (Å²) in [4.78, 5) is 26.2. The summed E-state index contributed by atoms with van der Waals surface area (Å²) < 4.78 is 2.10. The second-order valence-corrected chi connectivity index (χ2v) is 6.25. The lowest BCUT2D eigenvalue weighted by Crippen LogP contribution is -2.53. The van der Waals surface area contributed by atoms with Crippen molar-refractivity contribution in [1.82, 2.24) is 14.8 Å². The number of hydrogen-bond acceptors (Lipinski definition) is 3. The van der Waals surface area contributed by atoms with Crippen LogP contribution in [0.2, 0.25) is 0 Å². The summed E-state index contributed by atoms with van der Waals surface area (Å²) in [7, 11) is 0. The number of nitrogens with zero attached hydrogens (tertiary/aromatic N) is 2. The number of thiocarbonyl (C=S) groups is 1. The van der Waals surface area contributed by atoms with Crippen LogP contribution in [0.4, 0.5) is 0 Å². The number of likely N-dealkylation sites (N-methyl/N-ethyl adjacent to an activating group) is 1. The average molecular weight is 353 g/mol. The Hall–Kier alpha value is -2.73. The minimum Gasteiger partial charge on any atom is -0.318 e. The molecule has 0 aliphatic carbocycles. The third kappa shape index (κ3) is 3.00. The van der Waals surface area contributed by atoms with Gasteiger partial charge in [-0.3, -0.25) is 19.8 Å². The number of para-hydroxylation sites is 1. The first kappa shape index (κ1) is 17.1. The van der Waals surface area contributed by atoms with E-state index in [0.29, 0.717) is 6.54 Å². The third-order valence-electron chi connectivity index (χ3n) is 4.29. The highest BCUT2D eigenvalue weighted by atomic mass is 32.1. The van der Waals surface area contributed by atoms with Crippen LogP contribution in [0.15, 0.2) is 42.0 Å². The van der Waals surface area contributed by atoms with Crippen LogP contribution in [0.1, 0.15) is 23.9 Å². The van der Waals surface area contributed by atoms with E-state index < -0.39 is 5.91 Å². The Labute approximate surface area is 151 Å². The summed E-state index contributed by atoms with van der Waals surface area (Å²) >= 11 is 5.05. The molecule has 1 aliphatic heterocycles. The van der Waals surface area contributed by atoms with Crippen LogP contribution < -0.4 is 5.32 Å². The monoisotopic (exact) mass is 353 g/mol. The number of benzene rings is 1. The lowest BCUT2D eigenvalue weighted by Gasteiger charge is -2.27. The first-order valence-electron chi connectivity index (χ1n) is 8.07. The minimum absolute atomic E-state index is 0.101. The van der Waals surface area contributed by atoms with E-state index in [2.05, 4.69) is 9.88 Å². The molecular formula is C19H19N3O2S. The summed E-state index contributed by atoms with van der Waals surface area (Å²) in [6.07, 6.45) is 1.64.